The molecule has 1 aromatic carbocycles. The maximum atomic E-state index is 5.86. The fraction of sp³-hybridized carbons (Fsp3) is 0.467. The van der Waals surface area contributed by atoms with E-state index in [2.05, 4.69) is 18.3 Å². The molecule has 0 spiro atoms. The molecule has 0 saturated heterocycles. The summed E-state index contributed by atoms with van der Waals surface area (Å²) in [6.45, 7) is 3.51. The van der Waals surface area contributed by atoms with Gasteiger partial charge < -0.3 is 19.2 Å². The number of methoxy groups -OCH3 is 2. The molecule has 2 aromatic rings. The molecule has 0 fully saturated rings. The highest BCUT2D eigenvalue weighted by molar-refractivity contribution is 5.82. The van der Waals surface area contributed by atoms with Gasteiger partial charge in [-0.25, -0.2) is 0 Å². The first-order valence-corrected chi connectivity index (χ1v) is 6.55. The smallest absolute Gasteiger partial charge is 0.169 e. The van der Waals surface area contributed by atoms with Gasteiger partial charge in [0.25, 0.3) is 0 Å². The molecular formula is C15H21NO3. The maximum absolute atomic E-state index is 5.86. The molecule has 0 aliphatic carbocycles. The van der Waals surface area contributed by atoms with E-state index in [9.17, 15) is 0 Å². The minimum atomic E-state index is -0.219. The third-order valence-corrected chi connectivity index (χ3v) is 3.24. The molecule has 1 N–H and O–H groups in total. The molecule has 0 bridgehead atoms. The SMILES string of the molecule is CCc1oc2ccccc2c1CNCC(OC)OC. The van der Waals surface area contributed by atoms with Crippen LogP contribution in [-0.4, -0.2) is 27.1 Å². The average Bonchev–Trinajstić information content (AvgIpc) is 2.82. The van der Waals surface area contributed by atoms with Crippen molar-refractivity contribution >= 4 is 11.0 Å². The number of benzene rings is 1. The van der Waals surface area contributed by atoms with Crippen molar-refractivity contribution in [2.75, 3.05) is 20.8 Å². The van der Waals surface area contributed by atoms with Crippen LogP contribution in [0.5, 0.6) is 0 Å². The van der Waals surface area contributed by atoms with Gasteiger partial charge in [-0.15, -0.1) is 0 Å². The predicted molar refractivity (Wildman–Crippen MR) is 75.1 cm³/mol. The molecule has 0 atom stereocenters. The van der Waals surface area contributed by atoms with Crippen LogP contribution >= 0.6 is 0 Å². The Balaban J connectivity index is 2.10. The zero-order valence-electron chi connectivity index (χ0n) is 11.7. The van der Waals surface area contributed by atoms with Crippen LogP contribution in [0.15, 0.2) is 28.7 Å². The van der Waals surface area contributed by atoms with Gasteiger partial charge in [0, 0.05) is 44.7 Å². The van der Waals surface area contributed by atoms with Gasteiger partial charge in [0.15, 0.2) is 6.29 Å². The van der Waals surface area contributed by atoms with Crippen LogP contribution in [-0.2, 0) is 22.4 Å². The third-order valence-electron chi connectivity index (χ3n) is 3.24. The first-order valence-electron chi connectivity index (χ1n) is 6.55. The summed E-state index contributed by atoms with van der Waals surface area (Å²) in [5, 5.41) is 4.53. The Morgan fingerprint density at radius 2 is 1.95 bits per heavy atom. The van der Waals surface area contributed by atoms with Gasteiger partial charge >= 0.3 is 0 Å². The largest absolute Gasteiger partial charge is 0.461 e. The molecule has 0 saturated carbocycles. The summed E-state index contributed by atoms with van der Waals surface area (Å²) in [5.74, 6) is 1.04. The lowest BCUT2D eigenvalue weighted by atomic mass is 10.1. The summed E-state index contributed by atoms with van der Waals surface area (Å²) < 4.78 is 16.2. The van der Waals surface area contributed by atoms with Gasteiger partial charge in [0.1, 0.15) is 11.3 Å². The standard InChI is InChI=1S/C15H21NO3/c1-4-13-12(9-16-10-15(17-2)18-3)11-7-5-6-8-14(11)19-13/h5-8,15-16H,4,9-10H2,1-3H3. The van der Waals surface area contributed by atoms with Crippen molar-refractivity contribution in [3.05, 3.63) is 35.6 Å². The van der Waals surface area contributed by atoms with Gasteiger partial charge in [-0.05, 0) is 6.07 Å². The van der Waals surface area contributed by atoms with Crippen LogP contribution in [0.2, 0.25) is 0 Å². The van der Waals surface area contributed by atoms with Crippen molar-refractivity contribution in [3.63, 3.8) is 0 Å². The van der Waals surface area contributed by atoms with Crippen LogP contribution in [0.3, 0.4) is 0 Å². The van der Waals surface area contributed by atoms with Crippen molar-refractivity contribution in [1.82, 2.24) is 5.32 Å². The van der Waals surface area contributed by atoms with Gasteiger partial charge in [-0.1, -0.05) is 25.1 Å². The van der Waals surface area contributed by atoms with Crippen LogP contribution in [0, 0.1) is 0 Å². The zero-order chi connectivity index (χ0) is 13.7. The Morgan fingerprint density at radius 1 is 1.21 bits per heavy atom. The fourth-order valence-electron chi connectivity index (χ4n) is 2.21. The minimum Gasteiger partial charge on any atom is -0.461 e. The highest BCUT2D eigenvalue weighted by Crippen LogP contribution is 2.26. The van der Waals surface area contributed by atoms with Gasteiger partial charge in [-0.2, -0.15) is 0 Å². The summed E-state index contributed by atoms with van der Waals surface area (Å²) in [7, 11) is 3.28. The second-order valence-electron chi connectivity index (χ2n) is 4.39. The molecule has 4 nitrogen and oxygen atoms in total. The molecule has 0 amide bonds. The lowest BCUT2D eigenvalue weighted by Crippen LogP contribution is -2.29. The van der Waals surface area contributed by atoms with E-state index in [1.165, 1.54) is 10.9 Å². The number of fused-ring (bicyclic) bond motifs is 1. The monoisotopic (exact) mass is 263 g/mol. The lowest BCUT2D eigenvalue weighted by Gasteiger charge is -2.14. The van der Waals surface area contributed by atoms with Crippen LogP contribution in [0.1, 0.15) is 18.2 Å². The summed E-state index contributed by atoms with van der Waals surface area (Å²) in [6, 6.07) is 8.13. The Kier molecular flexibility index (Phi) is 4.96. The number of hydrogen-bond donors (Lipinski definition) is 1. The Labute approximate surface area is 113 Å². The molecule has 0 aliphatic rings. The molecule has 0 radical (unpaired) electrons. The normalized spacial score (nSPS) is 11.6. The predicted octanol–water partition coefficient (Wildman–Crippen LogP) is 2.70. The molecule has 0 unspecified atom stereocenters. The van der Waals surface area contributed by atoms with E-state index in [4.69, 9.17) is 13.9 Å². The van der Waals surface area contributed by atoms with E-state index in [0.29, 0.717) is 6.54 Å². The van der Waals surface area contributed by atoms with E-state index in [1.807, 2.05) is 18.2 Å². The molecular weight excluding hydrogens is 242 g/mol. The Morgan fingerprint density at radius 3 is 2.63 bits per heavy atom. The molecule has 0 aliphatic heterocycles. The molecule has 1 heterocycles. The second-order valence-corrected chi connectivity index (χ2v) is 4.39. The summed E-state index contributed by atoms with van der Waals surface area (Å²) >= 11 is 0. The Hall–Kier alpha value is -1.36. The van der Waals surface area contributed by atoms with Crippen molar-refractivity contribution < 1.29 is 13.9 Å². The third kappa shape index (κ3) is 3.15. The number of rotatable bonds is 7. The molecule has 19 heavy (non-hydrogen) atoms. The van der Waals surface area contributed by atoms with Crippen molar-refractivity contribution in [1.29, 1.82) is 0 Å². The number of ether oxygens (including phenoxy) is 2. The van der Waals surface area contributed by atoms with E-state index in [-0.39, 0.29) is 6.29 Å². The van der Waals surface area contributed by atoms with Crippen LogP contribution in [0.4, 0.5) is 0 Å². The topological polar surface area (TPSA) is 43.6 Å². The highest BCUT2D eigenvalue weighted by atomic mass is 16.7. The van der Waals surface area contributed by atoms with Gasteiger partial charge in [0.2, 0.25) is 0 Å². The van der Waals surface area contributed by atoms with E-state index >= 15 is 0 Å². The number of hydrogen-bond acceptors (Lipinski definition) is 4. The summed E-state index contributed by atoms with van der Waals surface area (Å²) in [6.07, 6.45) is 0.673. The van der Waals surface area contributed by atoms with E-state index in [1.54, 1.807) is 14.2 Å². The van der Waals surface area contributed by atoms with E-state index < -0.39 is 0 Å². The van der Waals surface area contributed by atoms with Gasteiger partial charge in [-0.3, -0.25) is 0 Å². The highest BCUT2D eigenvalue weighted by Gasteiger charge is 2.12. The molecule has 1 aromatic heterocycles. The number of furan rings is 1. The lowest BCUT2D eigenvalue weighted by molar-refractivity contribution is -0.0989. The fourth-order valence-corrected chi connectivity index (χ4v) is 2.21. The first-order chi connectivity index (χ1) is 9.30. The molecule has 4 heteroatoms. The Bertz CT molecular complexity index is 517. The van der Waals surface area contributed by atoms with Crippen molar-refractivity contribution in [2.24, 2.45) is 0 Å². The maximum Gasteiger partial charge on any atom is 0.169 e. The molecule has 104 valence electrons. The number of nitrogens with one attached hydrogen (secondary N) is 1. The molecule has 2 rings (SSSR count). The van der Waals surface area contributed by atoms with Gasteiger partial charge in [0.05, 0.1) is 0 Å². The summed E-state index contributed by atoms with van der Waals surface area (Å²) in [5.41, 5.74) is 2.18. The minimum absolute atomic E-state index is 0.219. The second kappa shape index (κ2) is 6.70. The van der Waals surface area contributed by atoms with E-state index in [0.717, 1.165) is 24.3 Å². The average molecular weight is 263 g/mol. The summed E-state index contributed by atoms with van der Waals surface area (Å²) in [4.78, 5) is 0. The number of para-hydroxylation sites is 1. The van der Waals surface area contributed by atoms with Crippen LogP contribution < -0.4 is 5.32 Å². The van der Waals surface area contributed by atoms with Crippen molar-refractivity contribution in [3.8, 4) is 0 Å². The van der Waals surface area contributed by atoms with Crippen LogP contribution in [0.25, 0.3) is 11.0 Å². The number of aryl methyl sites for hydroxylation is 1. The zero-order valence-corrected chi connectivity index (χ0v) is 11.7. The first kappa shape index (κ1) is 14.1. The van der Waals surface area contributed by atoms with Crippen molar-refractivity contribution in [2.45, 2.75) is 26.2 Å². The quantitative estimate of drug-likeness (QED) is 0.780.